The Labute approximate surface area is 118 Å². The topological polar surface area (TPSA) is 68.0 Å². The van der Waals surface area contributed by atoms with Gasteiger partial charge in [0, 0.05) is 19.2 Å². The molecule has 2 aromatic heterocycles. The van der Waals surface area contributed by atoms with Gasteiger partial charge in [0.2, 0.25) is 0 Å². The lowest BCUT2D eigenvalue weighted by atomic mass is 9.85. The van der Waals surface area contributed by atoms with E-state index in [0.29, 0.717) is 6.42 Å². The second-order valence-corrected chi connectivity index (χ2v) is 5.94. The van der Waals surface area contributed by atoms with Gasteiger partial charge in [-0.05, 0) is 24.0 Å². The van der Waals surface area contributed by atoms with Crippen molar-refractivity contribution in [3.63, 3.8) is 0 Å². The van der Waals surface area contributed by atoms with Gasteiger partial charge in [-0.25, -0.2) is 9.97 Å². The van der Waals surface area contributed by atoms with Crippen LogP contribution >= 0.6 is 0 Å². The van der Waals surface area contributed by atoms with Crippen LogP contribution in [0.15, 0.2) is 18.3 Å². The Morgan fingerprint density at radius 2 is 2.20 bits per heavy atom. The molecule has 5 nitrogen and oxygen atoms in total. The van der Waals surface area contributed by atoms with Crippen molar-refractivity contribution in [2.75, 3.05) is 0 Å². The molecule has 0 spiro atoms. The summed E-state index contributed by atoms with van der Waals surface area (Å²) in [7, 11) is 0. The molecule has 0 radical (unpaired) electrons. The van der Waals surface area contributed by atoms with E-state index in [1.807, 2.05) is 26.0 Å². The molecule has 2 heterocycles. The van der Waals surface area contributed by atoms with E-state index in [1.165, 1.54) is 0 Å². The van der Waals surface area contributed by atoms with E-state index in [1.54, 1.807) is 6.20 Å². The summed E-state index contributed by atoms with van der Waals surface area (Å²) in [4.78, 5) is 20.0. The molecule has 5 heteroatoms. The number of carbonyl (C=O) groups is 1. The minimum atomic E-state index is -0.772. The summed E-state index contributed by atoms with van der Waals surface area (Å²) in [6.45, 7) is 6.89. The van der Waals surface area contributed by atoms with Crippen molar-refractivity contribution in [2.45, 2.75) is 46.6 Å². The third-order valence-electron chi connectivity index (χ3n) is 3.30. The number of hydrogen-bond donors (Lipinski definition) is 1. The largest absolute Gasteiger partial charge is 0.481 e. The highest BCUT2D eigenvalue weighted by atomic mass is 16.4. The Hall–Kier alpha value is -1.91. The van der Waals surface area contributed by atoms with Crippen molar-refractivity contribution < 1.29 is 9.90 Å². The summed E-state index contributed by atoms with van der Waals surface area (Å²) in [5, 5.41) is 9.00. The Bertz CT molecular complexity index is 617. The Morgan fingerprint density at radius 1 is 1.45 bits per heavy atom. The smallest absolute Gasteiger partial charge is 0.303 e. The van der Waals surface area contributed by atoms with Gasteiger partial charge in [0.25, 0.3) is 0 Å². The Balaban J connectivity index is 2.38. The molecule has 0 aliphatic carbocycles. The van der Waals surface area contributed by atoms with Crippen LogP contribution in [0.3, 0.4) is 0 Å². The predicted molar refractivity (Wildman–Crippen MR) is 77.6 cm³/mol. The number of imidazole rings is 1. The highest BCUT2D eigenvalue weighted by Crippen LogP contribution is 2.27. The van der Waals surface area contributed by atoms with Gasteiger partial charge < -0.3 is 9.67 Å². The van der Waals surface area contributed by atoms with Crippen molar-refractivity contribution in [3.05, 3.63) is 24.2 Å². The monoisotopic (exact) mass is 275 g/mol. The molecule has 20 heavy (non-hydrogen) atoms. The van der Waals surface area contributed by atoms with Gasteiger partial charge in [-0.1, -0.05) is 20.8 Å². The lowest BCUT2D eigenvalue weighted by Crippen LogP contribution is -2.22. The van der Waals surface area contributed by atoms with E-state index in [-0.39, 0.29) is 11.8 Å². The number of nitrogens with zero attached hydrogens (tertiary/aromatic N) is 3. The lowest BCUT2D eigenvalue weighted by Gasteiger charge is -2.22. The summed E-state index contributed by atoms with van der Waals surface area (Å²) >= 11 is 0. The van der Waals surface area contributed by atoms with Crippen LogP contribution in [-0.4, -0.2) is 25.6 Å². The maximum absolute atomic E-state index is 10.9. The third kappa shape index (κ3) is 3.15. The number of fused-ring (bicyclic) bond motifs is 1. The molecule has 2 rings (SSSR count). The number of aliphatic carboxylic acids is 1. The maximum Gasteiger partial charge on any atom is 0.303 e. The van der Waals surface area contributed by atoms with Crippen LogP contribution in [0.2, 0.25) is 0 Å². The number of rotatable bonds is 6. The standard InChI is InChI=1S/C15H21N3O2/c1-4-8-18-12(9-15(2,3)10-13(19)20)17-11-6-5-7-16-14(11)18/h5-7H,4,8-10H2,1-3H3,(H,19,20). The molecule has 0 amide bonds. The molecular formula is C15H21N3O2. The number of hydrogen-bond acceptors (Lipinski definition) is 3. The first-order valence-corrected chi connectivity index (χ1v) is 6.95. The first-order chi connectivity index (χ1) is 9.43. The van der Waals surface area contributed by atoms with Gasteiger partial charge in [0.1, 0.15) is 11.3 Å². The molecular weight excluding hydrogens is 254 g/mol. The lowest BCUT2D eigenvalue weighted by molar-refractivity contribution is -0.139. The van der Waals surface area contributed by atoms with Crippen molar-refractivity contribution in [1.82, 2.24) is 14.5 Å². The molecule has 0 saturated carbocycles. The van der Waals surface area contributed by atoms with Gasteiger partial charge in [0.05, 0.1) is 6.42 Å². The van der Waals surface area contributed by atoms with E-state index in [0.717, 1.165) is 30.0 Å². The number of aryl methyl sites for hydroxylation is 1. The SMILES string of the molecule is CCCn1c(CC(C)(C)CC(=O)O)nc2cccnc21. The van der Waals surface area contributed by atoms with Crippen LogP contribution in [0.5, 0.6) is 0 Å². The molecule has 0 aromatic carbocycles. The summed E-state index contributed by atoms with van der Waals surface area (Å²) in [5.41, 5.74) is 1.44. The van der Waals surface area contributed by atoms with Crippen molar-refractivity contribution in [3.8, 4) is 0 Å². The van der Waals surface area contributed by atoms with Gasteiger partial charge in [-0.2, -0.15) is 0 Å². The van der Waals surface area contributed by atoms with Crippen molar-refractivity contribution >= 4 is 17.1 Å². The van der Waals surface area contributed by atoms with E-state index in [2.05, 4.69) is 21.5 Å². The van der Waals surface area contributed by atoms with E-state index in [9.17, 15) is 4.79 Å². The highest BCUT2D eigenvalue weighted by Gasteiger charge is 2.25. The van der Waals surface area contributed by atoms with E-state index in [4.69, 9.17) is 5.11 Å². The molecule has 2 aromatic rings. The quantitative estimate of drug-likeness (QED) is 0.880. The molecule has 0 atom stereocenters. The summed E-state index contributed by atoms with van der Waals surface area (Å²) in [5.74, 6) is 0.151. The Morgan fingerprint density at radius 3 is 2.85 bits per heavy atom. The Kier molecular flexibility index (Phi) is 4.06. The van der Waals surface area contributed by atoms with Crippen LogP contribution in [-0.2, 0) is 17.8 Å². The minimum Gasteiger partial charge on any atom is -0.481 e. The fourth-order valence-corrected chi connectivity index (χ4v) is 2.50. The van der Waals surface area contributed by atoms with Crippen molar-refractivity contribution in [2.24, 2.45) is 5.41 Å². The second-order valence-electron chi connectivity index (χ2n) is 5.94. The second kappa shape index (κ2) is 5.61. The molecule has 0 unspecified atom stereocenters. The molecule has 0 saturated heterocycles. The number of carboxylic acid groups (broad SMARTS) is 1. The van der Waals surface area contributed by atoms with Crippen LogP contribution in [0.1, 0.15) is 39.4 Å². The van der Waals surface area contributed by atoms with Crippen LogP contribution in [0, 0.1) is 5.41 Å². The zero-order valence-electron chi connectivity index (χ0n) is 12.3. The fraction of sp³-hybridized carbons (Fsp3) is 0.533. The maximum atomic E-state index is 10.9. The first-order valence-electron chi connectivity index (χ1n) is 6.95. The van der Waals surface area contributed by atoms with Gasteiger partial charge in [-0.3, -0.25) is 4.79 Å². The highest BCUT2D eigenvalue weighted by molar-refractivity contribution is 5.71. The molecule has 1 N–H and O–H groups in total. The zero-order chi connectivity index (χ0) is 14.8. The average molecular weight is 275 g/mol. The van der Waals surface area contributed by atoms with E-state index >= 15 is 0 Å². The molecule has 0 aliphatic rings. The normalized spacial score (nSPS) is 11.9. The van der Waals surface area contributed by atoms with Gasteiger partial charge in [-0.15, -0.1) is 0 Å². The van der Waals surface area contributed by atoms with Crippen LogP contribution < -0.4 is 0 Å². The number of aromatic nitrogens is 3. The molecule has 0 aliphatic heterocycles. The average Bonchev–Trinajstić information content (AvgIpc) is 2.65. The van der Waals surface area contributed by atoms with Crippen LogP contribution in [0.4, 0.5) is 0 Å². The van der Waals surface area contributed by atoms with Crippen molar-refractivity contribution in [1.29, 1.82) is 0 Å². The number of pyridine rings is 1. The fourth-order valence-electron chi connectivity index (χ4n) is 2.50. The molecule has 0 bridgehead atoms. The summed E-state index contributed by atoms with van der Waals surface area (Å²) in [6, 6.07) is 3.82. The van der Waals surface area contributed by atoms with Gasteiger partial charge in [0.15, 0.2) is 5.65 Å². The first kappa shape index (κ1) is 14.5. The van der Waals surface area contributed by atoms with E-state index < -0.39 is 5.97 Å². The molecule has 0 fully saturated rings. The zero-order valence-corrected chi connectivity index (χ0v) is 12.3. The minimum absolute atomic E-state index is 0.135. The molecule has 108 valence electrons. The summed E-state index contributed by atoms with van der Waals surface area (Å²) < 4.78 is 2.11. The summed E-state index contributed by atoms with van der Waals surface area (Å²) in [6.07, 6.45) is 3.53. The predicted octanol–water partition coefficient (Wildman–Crippen LogP) is 2.88. The van der Waals surface area contributed by atoms with Crippen LogP contribution in [0.25, 0.3) is 11.2 Å². The third-order valence-corrected chi connectivity index (χ3v) is 3.30. The van der Waals surface area contributed by atoms with Gasteiger partial charge >= 0.3 is 5.97 Å². The number of carboxylic acids is 1.